The number of benzene rings is 1. The summed E-state index contributed by atoms with van der Waals surface area (Å²) in [6.45, 7) is 1.99. The summed E-state index contributed by atoms with van der Waals surface area (Å²) >= 11 is 8.68. The monoisotopic (exact) mass is 294 g/mol. The van der Waals surface area contributed by atoms with Crippen molar-refractivity contribution in [3.63, 3.8) is 0 Å². The first-order valence-corrected chi connectivity index (χ1v) is 5.51. The van der Waals surface area contributed by atoms with Crippen molar-refractivity contribution in [3.05, 3.63) is 33.0 Å². The molecule has 0 fully saturated rings. The van der Waals surface area contributed by atoms with E-state index < -0.39 is 11.8 Å². The number of carbonyl (C=O) groups is 1. The van der Waals surface area contributed by atoms with Crippen LogP contribution >= 0.6 is 27.5 Å². The SMILES string of the molecule is CCOC(=O)Cc1ccc(Cl)c(Br)c1F. The average molecular weight is 296 g/mol. The normalized spacial score (nSPS) is 10.1. The highest BCUT2D eigenvalue weighted by Gasteiger charge is 2.13. The minimum Gasteiger partial charge on any atom is -0.466 e. The number of ether oxygens (including phenoxy) is 1. The van der Waals surface area contributed by atoms with Crippen molar-refractivity contribution in [3.8, 4) is 0 Å². The summed E-state index contributed by atoms with van der Waals surface area (Å²) < 4.78 is 18.4. The van der Waals surface area contributed by atoms with Gasteiger partial charge in [0.2, 0.25) is 0 Å². The van der Waals surface area contributed by atoms with E-state index in [9.17, 15) is 9.18 Å². The Morgan fingerprint density at radius 3 is 2.87 bits per heavy atom. The molecule has 0 aromatic heterocycles. The number of esters is 1. The van der Waals surface area contributed by atoms with Crippen LogP contribution in [0.25, 0.3) is 0 Å². The molecule has 1 aromatic rings. The summed E-state index contributed by atoms with van der Waals surface area (Å²) in [5, 5.41) is 0.278. The molecule has 0 bridgehead atoms. The molecule has 0 unspecified atom stereocenters. The first-order valence-electron chi connectivity index (χ1n) is 4.34. The summed E-state index contributed by atoms with van der Waals surface area (Å²) in [7, 11) is 0. The van der Waals surface area contributed by atoms with Gasteiger partial charge in [0.1, 0.15) is 5.82 Å². The van der Waals surface area contributed by atoms with Crippen LogP contribution in [-0.2, 0) is 16.0 Å². The Morgan fingerprint density at radius 2 is 2.27 bits per heavy atom. The van der Waals surface area contributed by atoms with Gasteiger partial charge in [0.15, 0.2) is 0 Å². The van der Waals surface area contributed by atoms with Gasteiger partial charge in [-0.15, -0.1) is 0 Å². The van der Waals surface area contributed by atoms with E-state index in [0.29, 0.717) is 0 Å². The fourth-order valence-corrected chi connectivity index (χ4v) is 1.60. The molecule has 0 heterocycles. The standard InChI is InChI=1S/C10H9BrClFO2/c1-2-15-8(14)5-6-3-4-7(12)9(11)10(6)13/h3-4H,2,5H2,1H3. The van der Waals surface area contributed by atoms with Gasteiger partial charge in [0.05, 0.1) is 22.5 Å². The smallest absolute Gasteiger partial charge is 0.310 e. The summed E-state index contributed by atoms with van der Waals surface area (Å²) in [6.07, 6.45) is -0.0879. The fraction of sp³-hybridized carbons (Fsp3) is 0.300. The molecule has 15 heavy (non-hydrogen) atoms. The lowest BCUT2D eigenvalue weighted by molar-refractivity contribution is -0.142. The largest absolute Gasteiger partial charge is 0.466 e. The Labute approximate surface area is 101 Å². The van der Waals surface area contributed by atoms with Crippen molar-refractivity contribution >= 4 is 33.5 Å². The molecule has 1 aromatic carbocycles. The Kier molecular flexibility index (Phi) is 4.54. The van der Waals surface area contributed by atoms with Gasteiger partial charge in [-0.05, 0) is 28.9 Å². The van der Waals surface area contributed by atoms with Gasteiger partial charge in [-0.2, -0.15) is 0 Å². The number of hydrogen-bond acceptors (Lipinski definition) is 2. The van der Waals surface area contributed by atoms with E-state index in [1.807, 2.05) is 0 Å². The molecule has 0 aliphatic carbocycles. The highest BCUT2D eigenvalue weighted by atomic mass is 79.9. The van der Waals surface area contributed by atoms with E-state index >= 15 is 0 Å². The second-order valence-corrected chi connectivity index (χ2v) is 4.02. The van der Waals surface area contributed by atoms with E-state index in [-0.39, 0.29) is 28.1 Å². The second kappa shape index (κ2) is 5.47. The predicted molar refractivity (Wildman–Crippen MR) is 59.4 cm³/mol. The second-order valence-electron chi connectivity index (χ2n) is 2.82. The van der Waals surface area contributed by atoms with Crippen LogP contribution in [0.1, 0.15) is 12.5 Å². The van der Waals surface area contributed by atoms with Crippen molar-refractivity contribution in [1.29, 1.82) is 0 Å². The Balaban J connectivity index is 2.87. The minimum atomic E-state index is -0.518. The molecule has 82 valence electrons. The van der Waals surface area contributed by atoms with E-state index in [0.717, 1.165) is 0 Å². The zero-order valence-corrected chi connectivity index (χ0v) is 10.4. The maximum atomic E-state index is 13.5. The molecule has 2 nitrogen and oxygen atoms in total. The minimum absolute atomic E-state index is 0.0879. The molecule has 0 atom stereocenters. The van der Waals surface area contributed by atoms with Crippen LogP contribution in [0.4, 0.5) is 4.39 Å². The zero-order valence-electron chi connectivity index (χ0n) is 8.02. The van der Waals surface area contributed by atoms with Crippen LogP contribution in [-0.4, -0.2) is 12.6 Å². The lowest BCUT2D eigenvalue weighted by Crippen LogP contribution is -2.09. The maximum absolute atomic E-state index is 13.5. The third kappa shape index (κ3) is 3.18. The molecular weight excluding hydrogens is 286 g/mol. The topological polar surface area (TPSA) is 26.3 Å². The Bertz CT molecular complexity index is 382. The van der Waals surface area contributed by atoms with Crippen LogP contribution in [0.5, 0.6) is 0 Å². The molecule has 0 aliphatic heterocycles. The molecule has 0 saturated carbocycles. The molecule has 0 N–H and O–H groups in total. The van der Waals surface area contributed by atoms with Crippen molar-refractivity contribution in [1.82, 2.24) is 0 Å². The third-order valence-corrected chi connectivity index (χ3v) is 3.07. The van der Waals surface area contributed by atoms with Gasteiger partial charge < -0.3 is 4.74 Å². The van der Waals surface area contributed by atoms with E-state index in [1.165, 1.54) is 12.1 Å². The lowest BCUT2D eigenvalue weighted by atomic mass is 10.1. The predicted octanol–water partition coefficient (Wildman–Crippen LogP) is 3.35. The highest BCUT2D eigenvalue weighted by Crippen LogP contribution is 2.27. The number of halogens is 3. The maximum Gasteiger partial charge on any atom is 0.310 e. The molecule has 0 aliphatic rings. The number of carbonyl (C=O) groups excluding carboxylic acids is 1. The summed E-state index contributed by atoms with van der Waals surface area (Å²) in [6, 6.07) is 3.00. The quantitative estimate of drug-likeness (QED) is 0.631. The Hall–Kier alpha value is -0.610. The van der Waals surface area contributed by atoms with E-state index in [1.54, 1.807) is 6.92 Å². The number of rotatable bonds is 3. The van der Waals surface area contributed by atoms with Crippen LogP contribution in [0, 0.1) is 5.82 Å². The molecule has 0 radical (unpaired) electrons. The molecule has 1 rings (SSSR count). The molecule has 0 spiro atoms. The first-order chi connectivity index (χ1) is 7.06. The van der Waals surface area contributed by atoms with Crippen molar-refractivity contribution in [2.24, 2.45) is 0 Å². The molecule has 0 amide bonds. The lowest BCUT2D eigenvalue weighted by Gasteiger charge is -2.05. The van der Waals surface area contributed by atoms with Gasteiger partial charge in [0.25, 0.3) is 0 Å². The highest BCUT2D eigenvalue weighted by molar-refractivity contribution is 9.10. The summed E-state index contributed by atoms with van der Waals surface area (Å²) in [4.78, 5) is 11.1. The van der Waals surface area contributed by atoms with Gasteiger partial charge in [-0.1, -0.05) is 17.7 Å². The van der Waals surface area contributed by atoms with Crippen LogP contribution in [0.2, 0.25) is 5.02 Å². The van der Waals surface area contributed by atoms with E-state index in [4.69, 9.17) is 16.3 Å². The molecule has 0 saturated heterocycles. The number of hydrogen-bond donors (Lipinski definition) is 0. The Morgan fingerprint density at radius 1 is 1.60 bits per heavy atom. The van der Waals surface area contributed by atoms with Gasteiger partial charge >= 0.3 is 5.97 Å². The van der Waals surface area contributed by atoms with Crippen molar-refractivity contribution < 1.29 is 13.9 Å². The van der Waals surface area contributed by atoms with Gasteiger partial charge in [-0.3, -0.25) is 4.79 Å². The molecular formula is C10H9BrClFO2. The summed E-state index contributed by atoms with van der Waals surface area (Å²) in [5.74, 6) is -0.971. The third-order valence-electron chi connectivity index (χ3n) is 1.76. The molecule has 5 heteroatoms. The van der Waals surface area contributed by atoms with Gasteiger partial charge in [0, 0.05) is 5.56 Å². The van der Waals surface area contributed by atoms with Crippen LogP contribution < -0.4 is 0 Å². The van der Waals surface area contributed by atoms with Crippen LogP contribution in [0.15, 0.2) is 16.6 Å². The van der Waals surface area contributed by atoms with Crippen molar-refractivity contribution in [2.75, 3.05) is 6.61 Å². The van der Waals surface area contributed by atoms with Crippen LogP contribution in [0.3, 0.4) is 0 Å². The van der Waals surface area contributed by atoms with Crippen molar-refractivity contribution in [2.45, 2.75) is 13.3 Å². The van der Waals surface area contributed by atoms with Gasteiger partial charge in [-0.25, -0.2) is 4.39 Å². The average Bonchev–Trinajstić information content (AvgIpc) is 2.20. The summed E-state index contributed by atoms with van der Waals surface area (Å²) in [5.41, 5.74) is 0.268. The first kappa shape index (κ1) is 12.5. The zero-order chi connectivity index (χ0) is 11.4. The van der Waals surface area contributed by atoms with E-state index in [2.05, 4.69) is 15.9 Å². The fourth-order valence-electron chi connectivity index (χ4n) is 1.07.